The van der Waals surface area contributed by atoms with Gasteiger partial charge in [0.05, 0.1) is 12.0 Å². The quantitative estimate of drug-likeness (QED) is 0.826. The Labute approximate surface area is 117 Å². The van der Waals surface area contributed by atoms with Crippen molar-refractivity contribution >= 4 is 11.6 Å². The second-order valence-corrected chi connectivity index (χ2v) is 4.46. The van der Waals surface area contributed by atoms with E-state index in [4.69, 9.17) is 16.3 Å². The monoisotopic (exact) mass is 278 g/mol. The van der Waals surface area contributed by atoms with Crippen LogP contribution in [0.1, 0.15) is 11.7 Å². The summed E-state index contributed by atoms with van der Waals surface area (Å²) >= 11 is 5.50. The Kier molecular flexibility index (Phi) is 4.80. The molecule has 0 spiro atoms. The zero-order chi connectivity index (χ0) is 13.7. The van der Waals surface area contributed by atoms with Crippen LogP contribution in [0, 0.1) is 0 Å². The van der Waals surface area contributed by atoms with Gasteiger partial charge in [0.1, 0.15) is 17.6 Å². The summed E-state index contributed by atoms with van der Waals surface area (Å²) in [6.07, 6.45) is -1.95. The van der Waals surface area contributed by atoms with Gasteiger partial charge in [-0.2, -0.15) is 0 Å². The summed E-state index contributed by atoms with van der Waals surface area (Å²) in [5.41, 5.74) is 0.605. The van der Waals surface area contributed by atoms with Crippen LogP contribution < -0.4 is 4.74 Å². The fourth-order valence-corrected chi connectivity index (χ4v) is 1.83. The van der Waals surface area contributed by atoms with Gasteiger partial charge >= 0.3 is 0 Å². The van der Waals surface area contributed by atoms with Crippen LogP contribution in [0.15, 0.2) is 54.6 Å². The van der Waals surface area contributed by atoms with Crippen LogP contribution in [0.3, 0.4) is 0 Å². The summed E-state index contributed by atoms with van der Waals surface area (Å²) in [5.74, 6) is 1.41. The molecule has 19 heavy (non-hydrogen) atoms. The van der Waals surface area contributed by atoms with E-state index in [0.717, 1.165) is 5.75 Å². The third-order valence-electron chi connectivity index (χ3n) is 2.72. The predicted octanol–water partition coefficient (Wildman–Crippen LogP) is 3.11. The van der Waals surface area contributed by atoms with E-state index in [9.17, 15) is 10.2 Å². The molecule has 2 N–H and O–H groups in total. The summed E-state index contributed by atoms with van der Waals surface area (Å²) in [6, 6.07) is 16.3. The lowest BCUT2D eigenvalue weighted by atomic mass is 10.1. The molecule has 2 aromatic carbocycles. The molecule has 3 nitrogen and oxygen atoms in total. The number of halogens is 1. The average Bonchev–Trinajstić information content (AvgIpc) is 2.47. The molecule has 0 aromatic heterocycles. The van der Waals surface area contributed by atoms with Crippen LogP contribution in [0.25, 0.3) is 0 Å². The van der Waals surface area contributed by atoms with Crippen LogP contribution in [0.4, 0.5) is 0 Å². The Balaban J connectivity index is 2.06. The summed E-state index contributed by atoms with van der Waals surface area (Å²) in [6.45, 7) is 0. The molecule has 0 amide bonds. The molecule has 2 rings (SSSR count). The van der Waals surface area contributed by atoms with Gasteiger partial charge < -0.3 is 14.9 Å². The van der Waals surface area contributed by atoms with Crippen molar-refractivity contribution in [1.29, 1.82) is 0 Å². The molecule has 100 valence electrons. The summed E-state index contributed by atoms with van der Waals surface area (Å²) < 4.78 is 5.63. The number of rotatable bonds is 5. The summed E-state index contributed by atoms with van der Waals surface area (Å²) in [5, 5.41) is 19.3. The SMILES string of the molecule is OC(CCl)C(O)c1ccc(Oc2ccccc2)cc1. The highest BCUT2D eigenvalue weighted by Gasteiger charge is 2.17. The van der Waals surface area contributed by atoms with Gasteiger partial charge in [0, 0.05) is 0 Å². The molecule has 0 aliphatic rings. The molecular formula is C15H15ClO3. The highest BCUT2D eigenvalue weighted by Crippen LogP contribution is 2.24. The van der Waals surface area contributed by atoms with Crippen molar-refractivity contribution in [3.05, 3.63) is 60.2 Å². The first-order valence-corrected chi connectivity index (χ1v) is 6.49. The Morgan fingerprint density at radius 1 is 0.895 bits per heavy atom. The van der Waals surface area contributed by atoms with Crippen LogP contribution >= 0.6 is 11.6 Å². The van der Waals surface area contributed by atoms with E-state index in [1.54, 1.807) is 24.3 Å². The maximum atomic E-state index is 9.79. The first kappa shape index (κ1) is 13.9. The number of aliphatic hydroxyl groups is 2. The standard InChI is InChI=1S/C15H15ClO3/c16-10-14(17)15(18)11-6-8-13(9-7-11)19-12-4-2-1-3-5-12/h1-9,14-15,17-18H,10H2. The molecule has 4 heteroatoms. The van der Waals surface area contributed by atoms with Crippen LogP contribution in [0.5, 0.6) is 11.5 Å². The predicted molar refractivity (Wildman–Crippen MR) is 74.6 cm³/mol. The lowest BCUT2D eigenvalue weighted by molar-refractivity contribution is 0.0327. The van der Waals surface area contributed by atoms with E-state index in [1.165, 1.54) is 0 Å². The first-order valence-electron chi connectivity index (χ1n) is 5.95. The normalized spacial score (nSPS) is 13.8. The van der Waals surface area contributed by atoms with Crippen molar-refractivity contribution in [1.82, 2.24) is 0 Å². The topological polar surface area (TPSA) is 49.7 Å². The summed E-state index contributed by atoms with van der Waals surface area (Å²) in [4.78, 5) is 0. The Morgan fingerprint density at radius 2 is 1.47 bits per heavy atom. The summed E-state index contributed by atoms with van der Waals surface area (Å²) in [7, 11) is 0. The number of aliphatic hydroxyl groups excluding tert-OH is 2. The molecule has 0 fully saturated rings. The smallest absolute Gasteiger partial charge is 0.127 e. The molecule has 0 saturated heterocycles. The number of alkyl halides is 1. The second-order valence-electron chi connectivity index (χ2n) is 4.15. The van der Waals surface area contributed by atoms with Crippen LogP contribution in [-0.2, 0) is 0 Å². The molecular weight excluding hydrogens is 264 g/mol. The van der Waals surface area contributed by atoms with Gasteiger partial charge in [-0.15, -0.1) is 11.6 Å². The molecule has 2 aromatic rings. The molecule has 0 bridgehead atoms. The molecule has 0 heterocycles. The van der Waals surface area contributed by atoms with Crippen LogP contribution in [0.2, 0.25) is 0 Å². The maximum absolute atomic E-state index is 9.79. The van der Waals surface area contributed by atoms with Gasteiger partial charge in [0.25, 0.3) is 0 Å². The van der Waals surface area contributed by atoms with Gasteiger partial charge in [-0.1, -0.05) is 30.3 Å². The molecule has 0 radical (unpaired) electrons. The van der Waals surface area contributed by atoms with Gasteiger partial charge in [0.15, 0.2) is 0 Å². The molecule has 0 aliphatic carbocycles. The van der Waals surface area contributed by atoms with Gasteiger partial charge in [0.2, 0.25) is 0 Å². The number of hydrogen-bond acceptors (Lipinski definition) is 3. The van der Waals surface area contributed by atoms with Gasteiger partial charge in [-0.25, -0.2) is 0 Å². The first-order chi connectivity index (χ1) is 9.20. The molecule has 0 saturated carbocycles. The Morgan fingerprint density at radius 3 is 2.05 bits per heavy atom. The second kappa shape index (κ2) is 6.57. The third kappa shape index (κ3) is 3.70. The maximum Gasteiger partial charge on any atom is 0.127 e. The van der Waals surface area contributed by atoms with Crippen LogP contribution in [-0.4, -0.2) is 22.2 Å². The fourth-order valence-electron chi connectivity index (χ4n) is 1.66. The van der Waals surface area contributed by atoms with E-state index >= 15 is 0 Å². The Hall–Kier alpha value is -1.55. The molecule has 2 atom stereocenters. The highest BCUT2D eigenvalue weighted by atomic mass is 35.5. The van der Waals surface area contributed by atoms with Gasteiger partial charge in [-0.3, -0.25) is 0 Å². The number of ether oxygens (including phenoxy) is 1. The number of para-hydroxylation sites is 1. The Bertz CT molecular complexity index is 499. The minimum absolute atomic E-state index is 0.0105. The van der Waals surface area contributed by atoms with Crippen molar-refractivity contribution in [3.8, 4) is 11.5 Å². The molecule has 2 unspecified atom stereocenters. The van der Waals surface area contributed by atoms with E-state index < -0.39 is 12.2 Å². The number of hydrogen-bond donors (Lipinski definition) is 2. The fraction of sp³-hybridized carbons (Fsp3) is 0.200. The van der Waals surface area contributed by atoms with E-state index in [-0.39, 0.29) is 5.88 Å². The van der Waals surface area contributed by atoms with Crippen molar-refractivity contribution in [2.75, 3.05) is 5.88 Å². The zero-order valence-corrected chi connectivity index (χ0v) is 11.0. The van der Waals surface area contributed by atoms with E-state index in [0.29, 0.717) is 11.3 Å². The largest absolute Gasteiger partial charge is 0.457 e. The van der Waals surface area contributed by atoms with Crippen molar-refractivity contribution < 1.29 is 14.9 Å². The van der Waals surface area contributed by atoms with Crippen molar-refractivity contribution in [2.45, 2.75) is 12.2 Å². The molecule has 0 aliphatic heterocycles. The van der Waals surface area contributed by atoms with Crippen molar-refractivity contribution in [2.24, 2.45) is 0 Å². The number of benzene rings is 2. The average molecular weight is 279 g/mol. The van der Waals surface area contributed by atoms with E-state index in [1.807, 2.05) is 30.3 Å². The van der Waals surface area contributed by atoms with E-state index in [2.05, 4.69) is 0 Å². The lowest BCUT2D eigenvalue weighted by Crippen LogP contribution is -2.19. The highest BCUT2D eigenvalue weighted by molar-refractivity contribution is 6.18. The zero-order valence-electron chi connectivity index (χ0n) is 10.2. The third-order valence-corrected chi connectivity index (χ3v) is 3.04. The van der Waals surface area contributed by atoms with Gasteiger partial charge in [-0.05, 0) is 29.8 Å². The minimum Gasteiger partial charge on any atom is -0.457 e. The van der Waals surface area contributed by atoms with Crippen molar-refractivity contribution in [3.63, 3.8) is 0 Å². The minimum atomic E-state index is -0.983. The lowest BCUT2D eigenvalue weighted by Gasteiger charge is -2.16.